The van der Waals surface area contributed by atoms with Crippen LogP contribution in [0, 0.1) is 0 Å². The van der Waals surface area contributed by atoms with Crippen molar-refractivity contribution in [1.29, 1.82) is 0 Å². The number of ether oxygens (including phenoxy) is 2. The molecule has 2 unspecified atom stereocenters. The fraction of sp³-hybridized carbons (Fsp3) is 0.500. The molecule has 1 saturated heterocycles. The molecule has 0 saturated carbocycles. The Labute approximate surface area is 113 Å². The van der Waals surface area contributed by atoms with Crippen LogP contribution in [-0.4, -0.2) is 25.2 Å². The number of nitrogens with one attached hydrogen (secondary N) is 1. The first-order chi connectivity index (χ1) is 9.20. The molecule has 5 nitrogen and oxygen atoms in total. The molecule has 19 heavy (non-hydrogen) atoms. The Morgan fingerprint density at radius 3 is 2.84 bits per heavy atom. The van der Waals surface area contributed by atoms with E-state index in [1.165, 1.54) is 0 Å². The molecule has 0 aliphatic carbocycles. The van der Waals surface area contributed by atoms with Crippen LogP contribution in [-0.2, 0) is 20.9 Å². The predicted octanol–water partition coefficient (Wildman–Crippen LogP) is 1.09. The van der Waals surface area contributed by atoms with Crippen molar-refractivity contribution < 1.29 is 14.3 Å². The average Bonchev–Trinajstić information content (AvgIpc) is 2.97. The second-order valence-electron chi connectivity index (χ2n) is 4.77. The van der Waals surface area contributed by atoms with Gasteiger partial charge in [-0.2, -0.15) is 0 Å². The lowest BCUT2D eigenvalue weighted by Gasteiger charge is -2.12. The van der Waals surface area contributed by atoms with E-state index in [1.807, 2.05) is 31.2 Å². The van der Waals surface area contributed by atoms with Gasteiger partial charge in [0.15, 0.2) is 0 Å². The molecule has 5 heteroatoms. The highest BCUT2D eigenvalue weighted by atomic mass is 16.5. The molecule has 1 amide bonds. The zero-order chi connectivity index (χ0) is 13.7. The third-order valence-electron chi connectivity index (χ3n) is 3.39. The van der Waals surface area contributed by atoms with E-state index in [2.05, 4.69) is 5.43 Å². The number of carbonyl (C=O) groups excluding carboxylic acids is 1. The summed E-state index contributed by atoms with van der Waals surface area (Å²) in [5, 5.41) is 0. The summed E-state index contributed by atoms with van der Waals surface area (Å²) < 4.78 is 11.0. The van der Waals surface area contributed by atoms with Gasteiger partial charge < -0.3 is 9.47 Å². The van der Waals surface area contributed by atoms with Gasteiger partial charge in [0, 0.05) is 6.61 Å². The van der Waals surface area contributed by atoms with Gasteiger partial charge in [-0.1, -0.05) is 24.3 Å². The molecule has 1 fully saturated rings. The predicted molar refractivity (Wildman–Crippen MR) is 71.2 cm³/mol. The number of amides is 1. The second kappa shape index (κ2) is 6.65. The highest BCUT2D eigenvalue weighted by Crippen LogP contribution is 2.17. The Bertz CT molecular complexity index is 413. The Kier molecular flexibility index (Phi) is 4.90. The Morgan fingerprint density at radius 2 is 2.26 bits per heavy atom. The lowest BCUT2D eigenvalue weighted by Crippen LogP contribution is -2.33. The van der Waals surface area contributed by atoms with Crippen LogP contribution in [0.25, 0.3) is 0 Å². The van der Waals surface area contributed by atoms with E-state index in [9.17, 15) is 4.79 Å². The van der Waals surface area contributed by atoms with Crippen LogP contribution in [0.1, 0.15) is 30.4 Å². The smallest absolute Gasteiger partial charge is 0.241 e. The van der Waals surface area contributed by atoms with Gasteiger partial charge in [-0.15, -0.1) is 0 Å². The van der Waals surface area contributed by atoms with Crippen LogP contribution in [0.15, 0.2) is 24.3 Å². The van der Waals surface area contributed by atoms with E-state index in [-0.39, 0.29) is 17.9 Å². The molecular formula is C14H20N2O3. The van der Waals surface area contributed by atoms with Gasteiger partial charge in [-0.3, -0.25) is 10.2 Å². The maximum Gasteiger partial charge on any atom is 0.241 e. The van der Waals surface area contributed by atoms with Crippen LogP contribution < -0.4 is 11.3 Å². The number of rotatable bonds is 5. The van der Waals surface area contributed by atoms with Gasteiger partial charge >= 0.3 is 0 Å². The van der Waals surface area contributed by atoms with E-state index in [4.69, 9.17) is 15.3 Å². The molecule has 1 aliphatic heterocycles. The fourth-order valence-corrected chi connectivity index (χ4v) is 2.04. The van der Waals surface area contributed by atoms with E-state index >= 15 is 0 Å². The first-order valence-corrected chi connectivity index (χ1v) is 6.49. The summed E-state index contributed by atoms with van der Waals surface area (Å²) in [6.07, 6.45) is 1.17. The summed E-state index contributed by atoms with van der Waals surface area (Å²) in [5.41, 5.74) is 4.20. The minimum atomic E-state index is -0.247. The Hall–Kier alpha value is -1.43. The second-order valence-corrected chi connectivity index (χ2v) is 4.77. The van der Waals surface area contributed by atoms with Crippen molar-refractivity contribution in [3.63, 3.8) is 0 Å². The molecular weight excluding hydrogens is 244 g/mol. The van der Waals surface area contributed by atoms with Crippen molar-refractivity contribution in [1.82, 2.24) is 5.43 Å². The van der Waals surface area contributed by atoms with Crippen LogP contribution in [0.3, 0.4) is 0 Å². The highest BCUT2D eigenvalue weighted by Gasteiger charge is 2.16. The molecule has 2 rings (SSSR count). The maximum absolute atomic E-state index is 11.4. The lowest BCUT2D eigenvalue weighted by molar-refractivity contribution is -0.122. The maximum atomic E-state index is 11.4. The third kappa shape index (κ3) is 3.76. The minimum absolute atomic E-state index is 0.188. The molecule has 1 heterocycles. The molecule has 104 valence electrons. The van der Waals surface area contributed by atoms with E-state index in [0.717, 1.165) is 24.2 Å². The summed E-state index contributed by atoms with van der Waals surface area (Å²) in [4.78, 5) is 11.4. The Balaban J connectivity index is 1.88. The fourth-order valence-electron chi connectivity index (χ4n) is 2.04. The number of benzene rings is 1. The first kappa shape index (κ1) is 14.0. The molecule has 1 aromatic rings. The van der Waals surface area contributed by atoms with E-state index in [1.54, 1.807) is 0 Å². The summed E-state index contributed by atoms with van der Waals surface area (Å²) in [5.74, 6) is 4.69. The number of hydrogen-bond acceptors (Lipinski definition) is 4. The first-order valence-electron chi connectivity index (χ1n) is 6.49. The lowest BCUT2D eigenvalue weighted by atomic mass is 9.99. The number of hydrazine groups is 1. The van der Waals surface area contributed by atoms with Gasteiger partial charge in [0.05, 0.1) is 25.2 Å². The van der Waals surface area contributed by atoms with Crippen molar-refractivity contribution >= 4 is 5.91 Å². The van der Waals surface area contributed by atoms with Crippen molar-refractivity contribution in [3.8, 4) is 0 Å². The molecule has 0 aromatic heterocycles. The molecule has 1 aromatic carbocycles. The number of hydrogen-bond donors (Lipinski definition) is 2. The molecule has 3 N–H and O–H groups in total. The van der Waals surface area contributed by atoms with Crippen LogP contribution >= 0.6 is 0 Å². The van der Waals surface area contributed by atoms with Crippen molar-refractivity contribution in [2.45, 2.75) is 32.0 Å². The van der Waals surface area contributed by atoms with Gasteiger partial charge in [-0.05, 0) is 24.5 Å². The molecule has 1 aliphatic rings. The largest absolute Gasteiger partial charge is 0.379 e. The minimum Gasteiger partial charge on any atom is -0.379 e. The molecule has 0 radical (unpaired) electrons. The average molecular weight is 264 g/mol. The summed E-state index contributed by atoms with van der Waals surface area (Å²) >= 11 is 0. The number of nitrogens with two attached hydrogens (primary N) is 1. The van der Waals surface area contributed by atoms with Crippen LogP contribution in [0.2, 0.25) is 0 Å². The van der Waals surface area contributed by atoms with Gasteiger partial charge in [-0.25, -0.2) is 5.84 Å². The zero-order valence-corrected chi connectivity index (χ0v) is 11.1. The van der Waals surface area contributed by atoms with E-state index in [0.29, 0.717) is 13.2 Å². The highest BCUT2D eigenvalue weighted by molar-refractivity contribution is 5.82. The quantitative estimate of drug-likeness (QED) is 0.474. The summed E-state index contributed by atoms with van der Waals surface area (Å²) in [7, 11) is 0. The number of carbonyl (C=O) groups is 1. The third-order valence-corrected chi connectivity index (χ3v) is 3.39. The normalized spacial score (nSPS) is 20.2. The summed E-state index contributed by atoms with van der Waals surface area (Å²) in [6.45, 7) is 3.87. The van der Waals surface area contributed by atoms with Gasteiger partial charge in [0.2, 0.25) is 5.91 Å². The standard InChI is InChI=1S/C14H20N2O3/c1-10(14(17)16-15)12-4-2-11(3-5-12)8-19-13-6-7-18-9-13/h2-5,10,13H,6-9,15H2,1H3,(H,16,17). The van der Waals surface area contributed by atoms with Crippen molar-refractivity contribution in [2.75, 3.05) is 13.2 Å². The monoisotopic (exact) mass is 264 g/mol. The van der Waals surface area contributed by atoms with Gasteiger partial charge in [0.25, 0.3) is 0 Å². The SMILES string of the molecule is CC(C(=O)NN)c1ccc(COC2CCOC2)cc1. The van der Waals surface area contributed by atoms with Crippen LogP contribution in [0.4, 0.5) is 0 Å². The zero-order valence-electron chi connectivity index (χ0n) is 11.1. The molecule has 2 atom stereocenters. The van der Waals surface area contributed by atoms with Gasteiger partial charge in [0.1, 0.15) is 0 Å². The Morgan fingerprint density at radius 1 is 1.53 bits per heavy atom. The summed E-state index contributed by atoms with van der Waals surface area (Å²) in [6, 6.07) is 7.82. The molecule has 0 spiro atoms. The topological polar surface area (TPSA) is 73.6 Å². The van der Waals surface area contributed by atoms with E-state index < -0.39 is 0 Å². The molecule has 0 bridgehead atoms. The van der Waals surface area contributed by atoms with Crippen LogP contribution in [0.5, 0.6) is 0 Å². The van der Waals surface area contributed by atoms with Crippen molar-refractivity contribution in [3.05, 3.63) is 35.4 Å². The van der Waals surface area contributed by atoms with Crippen molar-refractivity contribution in [2.24, 2.45) is 5.84 Å².